The molecule has 1 heterocycles. The van der Waals surface area contributed by atoms with Crippen molar-refractivity contribution in [2.24, 2.45) is 0 Å². The minimum Gasteiger partial charge on any atom is -0.348 e. The highest BCUT2D eigenvalue weighted by molar-refractivity contribution is 4.74. The molecule has 0 saturated carbocycles. The Kier molecular flexibility index (Phi) is 1.54. The summed E-state index contributed by atoms with van der Waals surface area (Å²) in [6.45, 7) is 5.64. The first-order valence-corrected chi connectivity index (χ1v) is 3.05. The first kappa shape index (κ1) is 6.05. The lowest BCUT2D eigenvalue weighted by Gasteiger charge is -2.03. The van der Waals surface area contributed by atoms with Gasteiger partial charge in [0.1, 0.15) is 6.61 Å². The largest absolute Gasteiger partial charge is 0.348 e. The molecule has 0 aliphatic carbocycles. The molecule has 0 aromatic carbocycles. The highest BCUT2D eigenvalue weighted by Gasteiger charge is 2.40. The number of hydrogen-bond acceptors (Lipinski definition) is 2. The molecule has 2 nitrogen and oxygen atoms in total. The fourth-order valence-corrected chi connectivity index (χ4v) is 0.503. The minimum atomic E-state index is -0.198. The third-order valence-electron chi connectivity index (χ3n) is 1.16. The van der Waals surface area contributed by atoms with Gasteiger partial charge in [0.15, 0.2) is 5.79 Å². The van der Waals surface area contributed by atoms with Crippen LogP contribution in [-0.2, 0) is 9.47 Å². The van der Waals surface area contributed by atoms with Gasteiger partial charge in [0.25, 0.3) is 0 Å². The predicted octanol–water partition coefficient (Wildman–Crippen LogP) is 1.16. The monoisotopic (exact) mass is 116 g/mol. The smallest absolute Gasteiger partial charge is 0.189 e. The molecular formula is C6H12O2. The molecule has 0 radical (unpaired) electrons. The summed E-state index contributed by atoms with van der Waals surface area (Å²) in [6, 6.07) is 0. The molecule has 0 aromatic rings. The van der Waals surface area contributed by atoms with Crippen LogP contribution in [0.3, 0.4) is 0 Å². The molecule has 1 aliphatic rings. The summed E-state index contributed by atoms with van der Waals surface area (Å²) in [5.74, 6) is -0.198. The van der Waals surface area contributed by atoms with E-state index in [4.69, 9.17) is 9.47 Å². The van der Waals surface area contributed by atoms with Crippen LogP contribution >= 0.6 is 0 Å². The molecular weight excluding hydrogens is 104 g/mol. The van der Waals surface area contributed by atoms with Gasteiger partial charge >= 0.3 is 0 Å². The maximum absolute atomic E-state index is 5.27. The number of ether oxygens (including phenoxy) is 2. The van der Waals surface area contributed by atoms with E-state index in [0.29, 0.717) is 0 Å². The maximum Gasteiger partial charge on any atom is 0.189 e. The van der Waals surface area contributed by atoms with Crippen molar-refractivity contribution in [3.63, 3.8) is 0 Å². The molecule has 1 rings (SSSR count). The Hall–Kier alpha value is -0.0800. The summed E-state index contributed by atoms with van der Waals surface area (Å²) in [5, 5.41) is 0. The minimum absolute atomic E-state index is 0.198. The molecule has 1 fully saturated rings. The van der Waals surface area contributed by atoms with Gasteiger partial charge in [0, 0.05) is 6.61 Å². The van der Waals surface area contributed by atoms with Gasteiger partial charge in [0.2, 0.25) is 0 Å². The van der Waals surface area contributed by atoms with E-state index in [1.165, 1.54) is 0 Å². The zero-order valence-corrected chi connectivity index (χ0v) is 5.44. The van der Waals surface area contributed by atoms with E-state index < -0.39 is 0 Å². The number of epoxide rings is 1. The van der Waals surface area contributed by atoms with E-state index in [-0.39, 0.29) is 5.79 Å². The van der Waals surface area contributed by atoms with Gasteiger partial charge < -0.3 is 9.47 Å². The predicted molar refractivity (Wildman–Crippen MR) is 30.6 cm³/mol. The van der Waals surface area contributed by atoms with Gasteiger partial charge in [-0.1, -0.05) is 6.92 Å². The van der Waals surface area contributed by atoms with Crippen LogP contribution in [0.15, 0.2) is 0 Å². The van der Waals surface area contributed by atoms with E-state index >= 15 is 0 Å². The second-order valence-corrected chi connectivity index (χ2v) is 2.27. The Labute approximate surface area is 49.8 Å². The summed E-state index contributed by atoms with van der Waals surface area (Å²) in [6.07, 6.45) is 1.07. The fraction of sp³-hybridized carbons (Fsp3) is 1.00. The molecule has 8 heavy (non-hydrogen) atoms. The number of hydrogen-bond donors (Lipinski definition) is 0. The Morgan fingerprint density at radius 2 is 2.38 bits per heavy atom. The summed E-state index contributed by atoms with van der Waals surface area (Å²) < 4.78 is 10.2. The van der Waals surface area contributed by atoms with Gasteiger partial charge in [-0.15, -0.1) is 0 Å². The van der Waals surface area contributed by atoms with Gasteiger partial charge in [-0.25, -0.2) is 0 Å². The van der Waals surface area contributed by atoms with Gasteiger partial charge in [-0.05, 0) is 13.3 Å². The highest BCUT2D eigenvalue weighted by atomic mass is 16.8. The molecule has 0 bridgehead atoms. The van der Waals surface area contributed by atoms with Crippen LogP contribution < -0.4 is 0 Å². The molecule has 0 spiro atoms. The van der Waals surface area contributed by atoms with Crippen molar-refractivity contribution in [2.45, 2.75) is 26.1 Å². The molecule has 48 valence electrons. The van der Waals surface area contributed by atoms with Crippen LogP contribution in [0.25, 0.3) is 0 Å². The van der Waals surface area contributed by atoms with Gasteiger partial charge in [-0.3, -0.25) is 0 Å². The van der Waals surface area contributed by atoms with Crippen molar-refractivity contribution in [2.75, 3.05) is 13.2 Å². The van der Waals surface area contributed by atoms with Crippen LogP contribution in [0.5, 0.6) is 0 Å². The topological polar surface area (TPSA) is 21.8 Å². The zero-order chi connectivity index (χ0) is 6.04. The lowest BCUT2D eigenvalue weighted by Crippen LogP contribution is -2.10. The molecule has 2 heteroatoms. The molecule has 1 saturated heterocycles. The van der Waals surface area contributed by atoms with E-state index in [9.17, 15) is 0 Å². The van der Waals surface area contributed by atoms with E-state index in [0.717, 1.165) is 19.6 Å². The van der Waals surface area contributed by atoms with E-state index in [1.807, 2.05) is 6.92 Å². The first-order chi connectivity index (χ1) is 3.77. The first-order valence-electron chi connectivity index (χ1n) is 3.05. The maximum atomic E-state index is 5.27. The summed E-state index contributed by atoms with van der Waals surface area (Å²) in [7, 11) is 0. The highest BCUT2D eigenvalue weighted by Crippen LogP contribution is 2.26. The van der Waals surface area contributed by atoms with Crippen molar-refractivity contribution in [3.05, 3.63) is 0 Å². The Bertz CT molecular complexity index is 76.6. The molecule has 0 N–H and O–H groups in total. The standard InChI is InChI=1S/C6H12O2/c1-3-4-7-6(2)5-8-6/h3-5H2,1-2H3/t6-/m1/s1. The SMILES string of the molecule is CCCO[C@@]1(C)CO1. The van der Waals surface area contributed by atoms with Crippen molar-refractivity contribution < 1.29 is 9.47 Å². The van der Waals surface area contributed by atoms with Crippen LogP contribution in [-0.4, -0.2) is 19.0 Å². The van der Waals surface area contributed by atoms with Crippen molar-refractivity contribution in [3.8, 4) is 0 Å². The summed E-state index contributed by atoms with van der Waals surface area (Å²) in [5.41, 5.74) is 0. The van der Waals surface area contributed by atoms with E-state index in [1.54, 1.807) is 0 Å². The zero-order valence-electron chi connectivity index (χ0n) is 5.44. The molecule has 0 unspecified atom stereocenters. The summed E-state index contributed by atoms with van der Waals surface area (Å²) >= 11 is 0. The van der Waals surface area contributed by atoms with Crippen LogP contribution in [0, 0.1) is 0 Å². The van der Waals surface area contributed by atoms with Gasteiger partial charge in [-0.2, -0.15) is 0 Å². The molecule has 0 amide bonds. The van der Waals surface area contributed by atoms with Crippen molar-refractivity contribution in [1.29, 1.82) is 0 Å². The Morgan fingerprint density at radius 1 is 1.75 bits per heavy atom. The third kappa shape index (κ3) is 1.46. The van der Waals surface area contributed by atoms with Crippen molar-refractivity contribution >= 4 is 0 Å². The Morgan fingerprint density at radius 3 is 2.75 bits per heavy atom. The van der Waals surface area contributed by atoms with Crippen molar-refractivity contribution in [1.82, 2.24) is 0 Å². The second kappa shape index (κ2) is 2.03. The summed E-state index contributed by atoms with van der Waals surface area (Å²) in [4.78, 5) is 0. The fourth-order valence-electron chi connectivity index (χ4n) is 0.503. The lowest BCUT2D eigenvalue weighted by atomic mass is 10.4. The molecule has 1 aliphatic heterocycles. The quantitative estimate of drug-likeness (QED) is 0.516. The van der Waals surface area contributed by atoms with E-state index in [2.05, 4.69) is 6.92 Å². The van der Waals surface area contributed by atoms with Crippen LogP contribution in [0.4, 0.5) is 0 Å². The average Bonchev–Trinajstić information content (AvgIpc) is 2.45. The van der Waals surface area contributed by atoms with Gasteiger partial charge in [0.05, 0.1) is 0 Å². The molecule has 0 aromatic heterocycles. The number of rotatable bonds is 3. The lowest BCUT2D eigenvalue weighted by molar-refractivity contribution is -0.0290. The normalized spacial score (nSPS) is 35.2. The average molecular weight is 116 g/mol. The molecule has 1 atom stereocenters. The third-order valence-corrected chi connectivity index (χ3v) is 1.16. The Balaban J connectivity index is 2.01. The van der Waals surface area contributed by atoms with Crippen LogP contribution in [0.2, 0.25) is 0 Å². The van der Waals surface area contributed by atoms with Crippen LogP contribution in [0.1, 0.15) is 20.3 Å². The second-order valence-electron chi connectivity index (χ2n) is 2.27.